The summed E-state index contributed by atoms with van der Waals surface area (Å²) in [5.74, 6) is 0. The van der Waals surface area contributed by atoms with E-state index < -0.39 is 0 Å². The zero-order valence-corrected chi connectivity index (χ0v) is 16.0. The molecule has 1 aliphatic carbocycles. The summed E-state index contributed by atoms with van der Waals surface area (Å²) in [5, 5.41) is 10.3. The molecule has 0 unspecified atom stereocenters. The summed E-state index contributed by atoms with van der Waals surface area (Å²) in [6.45, 7) is 4.30. The van der Waals surface area contributed by atoms with Gasteiger partial charge in [-0.05, 0) is 67.5 Å². The number of likely N-dealkylation sites (tertiary alicyclic amines) is 1. The van der Waals surface area contributed by atoms with Gasteiger partial charge in [0.15, 0.2) is 0 Å². The van der Waals surface area contributed by atoms with E-state index in [0.29, 0.717) is 0 Å². The summed E-state index contributed by atoms with van der Waals surface area (Å²) in [7, 11) is 0. The molecule has 2 heterocycles. The summed E-state index contributed by atoms with van der Waals surface area (Å²) >= 11 is 6.28. The molecular formula is C22H25ClN2O. The van der Waals surface area contributed by atoms with E-state index in [9.17, 15) is 5.11 Å². The average molecular weight is 369 g/mol. The normalized spacial score (nSPS) is 18.9. The molecule has 0 amide bonds. The SMILES string of the molecule is C[C@H](CO)N1CCC(=C2c3ccc(Cl)cc3CCc3cccnc32)CC1. The van der Waals surface area contributed by atoms with Gasteiger partial charge in [0.1, 0.15) is 0 Å². The summed E-state index contributed by atoms with van der Waals surface area (Å²) in [6, 6.07) is 10.8. The molecule has 1 aromatic heterocycles. The predicted octanol–water partition coefficient (Wildman–Crippen LogP) is 4.11. The Balaban J connectivity index is 1.80. The van der Waals surface area contributed by atoms with Gasteiger partial charge in [-0.2, -0.15) is 0 Å². The highest BCUT2D eigenvalue weighted by Crippen LogP contribution is 2.38. The van der Waals surface area contributed by atoms with Crippen LogP contribution in [0.2, 0.25) is 5.02 Å². The fourth-order valence-corrected chi connectivity index (χ4v) is 4.43. The Labute approximate surface area is 160 Å². The first-order valence-corrected chi connectivity index (χ1v) is 9.85. The lowest BCUT2D eigenvalue weighted by Crippen LogP contribution is -2.40. The molecule has 26 heavy (non-hydrogen) atoms. The maximum absolute atomic E-state index is 9.45. The van der Waals surface area contributed by atoms with Crippen LogP contribution in [0.4, 0.5) is 0 Å². The zero-order chi connectivity index (χ0) is 18.1. The van der Waals surface area contributed by atoms with Gasteiger partial charge in [0.25, 0.3) is 0 Å². The molecule has 1 aliphatic heterocycles. The monoisotopic (exact) mass is 368 g/mol. The van der Waals surface area contributed by atoms with E-state index in [-0.39, 0.29) is 12.6 Å². The second-order valence-corrected chi connectivity index (χ2v) is 7.80. The summed E-state index contributed by atoms with van der Waals surface area (Å²) in [5.41, 5.74) is 7.90. The molecule has 0 spiro atoms. The van der Waals surface area contributed by atoms with E-state index >= 15 is 0 Å². The number of hydrogen-bond acceptors (Lipinski definition) is 3. The summed E-state index contributed by atoms with van der Waals surface area (Å²) in [6.07, 6.45) is 5.96. The molecule has 4 heteroatoms. The Bertz CT molecular complexity index is 836. The van der Waals surface area contributed by atoms with Crippen LogP contribution in [0.1, 0.15) is 42.1 Å². The van der Waals surface area contributed by atoms with E-state index in [4.69, 9.17) is 16.6 Å². The standard InChI is InChI=1S/C22H25ClN2O/c1-15(14-26)25-11-8-16(9-12-25)21-20-7-6-19(23)13-18(20)5-4-17-3-2-10-24-22(17)21/h2-3,6-7,10,13,15,26H,4-5,8-9,11-12,14H2,1H3/t15-/m1/s1. The summed E-state index contributed by atoms with van der Waals surface area (Å²) in [4.78, 5) is 7.16. The van der Waals surface area contributed by atoms with Gasteiger partial charge in [-0.25, -0.2) is 0 Å². The van der Waals surface area contributed by atoms with Crippen LogP contribution in [0.15, 0.2) is 42.1 Å². The van der Waals surface area contributed by atoms with Gasteiger partial charge in [-0.15, -0.1) is 0 Å². The third-order valence-electron chi connectivity index (χ3n) is 5.77. The molecule has 1 saturated heterocycles. The van der Waals surface area contributed by atoms with Gasteiger partial charge in [0.2, 0.25) is 0 Å². The highest BCUT2D eigenvalue weighted by atomic mass is 35.5. The Morgan fingerprint density at radius 3 is 2.65 bits per heavy atom. The Hall–Kier alpha value is -1.68. The molecule has 4 rings (SSSR count). The fraction of sp³-hybridized carbons (Fsp3) is 0.409. The third-order valence-corrected chi connectivity index (χ3v) is 6.01. The van der Waals surface area contributed by atoms with Crippen LogP contribution in [0.25, 0.3) is 5.57 Å². The van der Waals surface area contributed by atoms with Crippen molar-refractivity contribution < 1.29 is 5.11 Å². The molecule has 2 aliphatic rings. The molecule has 2 aromatic rings. The minimum atomic E-state index is 0.220. The molecule has 136 valence electrons. The number of aryl methyl sites for hydroxylation is 2. The molecule has 0 radical (unpaired) electrons. The number of nitrogens with zero attached hydrogens (tertiary/aromatic N) is 2. The van der Waals surface area contributed by atoms with Crippen LogP contribution in [0.5, 0.6) is 0 Å². The van der Waals surface area contributed by atoms with Crippen LogP contribution in [0, 0.1) is 0 Å². The van der Waals surface area contributed by atoms with E-state index in [2.05, 4.69) is 30.0 Å². The van der Waals surface area contributed by atoms with Crippen LogP contribution >= 0.6 is 11.6 Å². The molecule has 3 nitrogen and oxygen atoms in total. The van der Waals surface area contributed by atoms with Crippen molar-refractivity contribution in [1.82, 2.24) is 9.88 Å². The molecular weight excluding hydrogens is 344 g/mol. The number of piperidine rings is 1. The highest BCUT2D eigenvalue weighted by Gasteiger charge is 2.26. The predicted molar refractivity (Wildman–Crippen MR) is 106 cm³/mol. The van der Waals surface area contributed by atoms with Gasteiger partial charge in [0.05, 0.1) is 12.3 Å². The van der Waals surface area contributed by atoms with Crippen LogP contribution in [-0.2, 0) is 12.8 Å². The van der Waals surface area contributed by atoms with Gasteiger partial charge in [-0.3, -0.25) is 9.88 Å². The van der Waals surface area contributed by atoms with Crippen molar-refractivity contribution in [2.45, 2.75) is 38.6 Å². The number of aliphatic hydroxyl groups excluding tert-OH is 1. The quantitative estimate of drug-likeness (QED) is 0.866. The first-order chi connectivity index (χ1) is 12.7. The van der Waals surface area contributed by atoms with Crippen LogP contribution in [0.3, 0.4) is 0 Å². The second-order valence-electron chi connectivity index (χ2n) is 7.36. The van der Waals surface area contributed by atoms with E-state index in [1.165, 1.54) is 27.8 Å². The summed E-state index contributed by atoms with van der Waals surface area (Å²) < 4.78 is 0. The van der Waals surface area contributed by atoms with Crippen molar-refractivity contribution >= 4 is 17.2 Å². The van der Waals surface area contributed by atoms with Crippen molar-refractivity contribution in [2.75, 3.05) is 19.7 Å². The van der Waals surface area contributed by atoms with Crippen molar-refractivity contribution in [2.24, 2.45) is 0 Å². The molecule has 1 aromatic carbocycles. The maximum Gasteiger partial charge on any atom is 0.0739 e. The first kappa shape index (κ1) is 17.7. The first-order valence-electron chi connectivity index (χ1n) is 9.47. The molecule has 0 saturated carbocycles. The number of aromatic nitrogens is 1. The van der Waals surface area contributed by atoms with Gasteiger partial charge >= 0.3 is 0 Å². The van der Waals surface area contributed by atoms with Crippen molar-refractivity contribution in [3.05, 3.63) is 69.5 Å². The van der Waals surface area contributed by atoms with E-state index in [1.54, 1.807) is 0 Å². The lowest BCUT2D eigenvalue weighted by Gasteiger charge is -2.33. The largest absolute Gasteiger partial charge is 0.395 e. The van der Waals surface area contributed by atoms with Crippen LogP contribution in [-0.4, -0.2) is 40.7 Å². The number of pyridine rings is 1. The Morgan fingerprint density at radius 1 is 1.12 bits per heavy atom. The second kappa shape index (κ2) is 7.51. The minimum Gasteiger partial charge on any atom is -0.395 e. The Morgan fingerprint density at radius 2 is 1.88 bits per heavy atom. The highest BCUT2D eigenvalue weighted by molar-refractivity contribution is 6.30. The third kappa shape index (κ3) is 3.32. The average Bonchev–Trinajstić information content (AvgIpc) is 2.84. The van der Waals surface area contributed by atoms with Gasteiger partial charge in [-0.1, -0.05) is 29.3 Å². The Kier molecular flexibility index (Phi) is 5.12. The van der Waals surface area contributed by atoms with Crippen molar-refractivity contribution in [3.63, 3.8) is 0 Å². The maximum atomic E-state index is 9.45. The number of fused-ring (bicyclic) bond motifs is 2. The van der Waals surface area contributed by atoms with Crippen LogP contribution < -0.4 is 0 Å². The molecule has 1 N–H and O–H groups in total. The number of aliphatic hydroxyl groups is 1. The lowest BCUT2D eigenvalue weighted by molar-refractivity contribution is 0.127. The zero-order valence-electron chi connectivity index (χ0n) is 15.2. The van der Waals surface area contributed by atoms with E-state index in [1.807, 2.05) is 18.3 Å². The lowest BCUT2D eigenvalue weighted by atomic mass is 9.88. The number of hydrogen-bond donors (Lipinski definition) is 1. The molecule has 1 fully saturated rings. The van der Waals surface area contributed by atoms with Crippen molar-refractivity contribution in [1.29, 1.82) is 0 Å². The topological polar surface area (TPSA) is 36.4 Å². The number of halogens is 1. The van der Waals surface area contributed by atoms with E-state index in [0.717, 1.165) is 49.5 Å². The minimum absolute atomic E-state index is 0.220. The van der Waals surface area contributed by atoms with Crippen molar-refractivity contribution in [3.8, 4) is 0 Å². The smallest absolute Gasteiger partial charge is 0.0739 e. The fourth-order valence-electron chi connectivity index (χ4n) is 4.23. The number of rotatable bonds is 2. The van der Waals surface area contributed by atoms with Gasteiger partial charge < -0.3 is 5.11 Å². The number of benzene rings is 1. The molecule has 0 bridgehead atoms. The van der Waals surface area contributed by atoms with Gasteiger partial charge in [0, 0.05) is 35.9 Å². The molecule has 1 atom stereocenters.